The monoisotopic (exact) mass is 926 g/mol. The first-order valence-corrected chi connectivity index (χ1v) is 25.1. The molecule has 0 aromatic heterocycles. The molecule has 3 aromatic rings. The Balaban J connectivity index is 0.00000193. The lowest BCUT2D eigenvalue weighted by molar-refractivity contribution is -0.136. The number of nitrogens with two attached hydrogens (primary N) is 1. The van der Waals surface area contributed by atoms with E-state index in [4.69, 9.17) is 21.3 Å². The van der Waals surface area contributed by atoms with Crippen LogP contribution in [0.15, 0.2) is 88.5 Å². The molecule has 0 spiro atoms. The Hall–Kier alpha value is -5.11. The van der Waals surface area contributed by atoms with Gasteiger partial charge in [0, 0.05) is 124 Å². The number of carbonyl (C=O) groups is 3. The quantitative estimate of drug-likeness (QED) is 0.0529. The molecular formula is C49H68ClN10O4P. The number of rotatable bonds is 14. The molecule has 4 N–H and O–H groups in total. The Morgan fingerprint density at radius 1 is 0.938 bits per heavy atom. The predicted octanol–water partition coefficient (Wildman–Crippen LogP) is 6.58. The Bertz CT molecular complexity index is 2200. The maximum Gasteiger partial charge on any atom is 0.249 e. The largest absolute Gasteiger partial charge is 0.494 e. The van der Waals surface area contributed by atoms with E-state index in [0.717, 1.165) is 88.5 Å². The van der Waals surface area contributed by atoms with E-state index in [1.54, 1.807) is 19.1 Å². The average Bonchev–Trinajstić information content (AvgIpc) is 3.32. The summed E-state index contributed by atoms with van der Waals surface area (Å²) in [6.45, 7) is 24.0. The number of amidine groups is 1. The van der Waals surface area contributed by atoms with Gasteiger partial charge in [-0.1, -0.05) is 70.3 Å². The molecule has 0 bridgehead atoms. The summed E-state index contributed by atoms with van der Waals surface area (Å²) in [7, 11) is 4.60. The maximum absolute atomic E-state index is 12.6. The Morgan fingerprint density at radius 3 is 2.22 bits per heavy atom. The standard InChI is InChI=1S/C46H57ClN9O4P.C2H6.CH5N/c1-31(52(3)41-16-17-44(58)51-46(41)59)35-10-9-12-40(36(35)30-57)56-28-34(29-56)55-24-22-54(23-25-55)32-18-20-53(21-19-32)33-14-15-38(42(26-33)60-4)49-45(37(47)27-48-2)50-39-11-7-8-13-43(39)61(5)6;2*1-2/h7-15,26-27,30,32,34,41H,1-2,16-25,28-29H2,3-6H3,(H,49,50)(H,51,58,59);1-2H3;2H2,1H3/b37-27+;;. The van der Waals surface area contributed by atoms with Gasteiger partial charge in [0.15, 0.2) is 12.1 Å². The number of nitrogens with zero attached hydrogens (tertiary/aromatic N) is 7. The number of anilines is 3. The van der Waals surface area contributed by atoms with Crippen LogP contribution in [-0.2, 0) is 9.59 Å². The lowest BCUT2D eigenvalue weighted by atomic mass is 9.96. The number of imide groups is 1. The van der Waals surface area contributed by atoms with Crippen LogP contribution >= 0.6 is 19.5 Å². The second-order valence-electron chi connectivity index (χ2n) is 16.2. The van der Waals surface area contributed by atoms with Gasteiger partial charge in [-0.2, -0.15) is 0 Å². The van der Waals surface area contributed by atoms with Crippen LogP contribution in [0.5, 0.6) is 5.75 Å². The van der Waals surface area contributed by atoms with E-state index in [-0.39, 0.29) is 26.2 Å². The molecule has 0 aliphatic carbocycles. The third kappa shape index (κ3) is 12.2. The molecule has 65 heavy (non-hydrogen) atoms. The number of aldehydes is 1. The second kappa shape index (κ2) is 24.4. The molecule has 4 saturated heterocycles. The van der Waals surface area contributed by atoms with E-state index in [2.05, 4.69) is 85.8 Å². The number of ether oxygens (including phenoxy) is 1. The molecule has 4 fully saturated rings. The number of piperazine rings is 1. The minimum Gasteiger partial charge on any atom is -0.494 e. The maximum atomic E-state index is 12.6. The first kappa shape index (κ1) is 50.9. The van der Waals surface area contributed by atoms with Crippen LogP contribution in [0.1, 0.15) is 55.5 Å². The summed E-state index contributed by atoms with van der Waals surface area (Å²) in [5.41, 5.74) is 9.99. The van der Waals surface area contributed by atoms with E-state index >= 15 is 0 Å². The van der Waals surface area contributed by atoms with Gasteiger partial charge in [-0.05, 0) is 75.9 Å². The van der Waals surface area contributed by atoms with E-state index in [1.165, 1.54) is 18.6 Å². The van der Waals surface area contributed by atoms with Crippen LogP contribution in [0, 0.1) is 0 Å². The minimum absolute atomic E-state index is 0.260. The van der Waals surface area contributed by atoms with Crippen molar-refractivity contribution >= 4 is 83.9 Å². The van der Waals surface area contributed by atoms with Gasteiger partial charge in [0.05, 0.1) is 7.11 Å². The summed E-state index contributed by atoms with van der Waals surface area (Å²) < 4.78 is 5.87. The SMILES string of the molecule is C=N/C=C(/Cl)C(=Nc1ccc(N2CCC(N3CCN(C4CN(c5cccc(C(=C)N(C)C6CCC(=O)NC6=O)c5C=O)C4)CC3)CC2)cc1OC)Nc1ccccc1P(C)C.CC.CN. The smallest absolute Gasteiger partial charge is 0.249 e. The van der Waals surface area contributed by atoms with Crippen molar-refractivity contribution in [1.82, 2.24) is 20.0 Å². The summed E-state index contributed by atoms with van der Waals surface area (Å²) >= 11 is 6.68. The fourth-order valence-corrected chi connectivity index (χ4v) is 10.1. The van der Waals surface area contributed by atoms with Crippen molar-refractivity contribution in [3.63, 3.8) is 0 Å². The average molecular weight is 928 g/mol. The summed E-state index contributed by atoms with van der Waals surface area (Å²) in [6.07, 6.45) is 5.26. The molecule has 7 rings (SSSR count). The van der Waals surface area contributed by atoms with Gasteiger partial charge in [0.2, 0.25) is 11.8 Å². The number of aliphatic imine (C=N–C) groups is 2. The molecule has 4 heterocycles. The normalized spacial score (nSPS) is 19.0. The zero-order valence-electron chi connectivity index (χ0n) is 39.2. The number of benzene rings is 3. The molecule has 14 nitrogen and oxygen atoms in total. The fourth-order valence-electron chi connectivity index (χ4n) is 8.93. The Morgan fingerprint density at radius 2 is 1.60 bits per heavy atom. The number of halogens is 1. The van der Waals surface area contributed by atoms with Crippen molar-refractivity contribution < 1.29 is 19.1 Å². The topological polar surface area (TPSA) is 151 Å². The lowest BCUT2D eigenvalue weighted by Gasteiger charge is -2.51. The molecule has 0 saturated carbocycles. The first-order chi connectivity index (χ1) is 31.5. The summed E-state index contributed by atoms with van der Waals surface area (Å²) in [6, 6.07) is 20.6. The third-order valence-electron chi connectivity index (χ3n) is 12.5. The molecule has 16 heteroatoms. The number of hydrogen-bond donors (Lipinski definition) is 3. The van der Waals surface area contributed by atoms with Gasteiger partial charge in [0.1, 0.15) is 22.5 Å². The molecule has 2 amide bonds. The zero-order chi connectivity index (χ0) is 47.2. The van der Waals surface area contributed by atoms with E-state index in [1.807, 2.05) is 56.3 Å². The van der Waals surface area contributed by atoms with Crippen LogP contribution in [0.4, 0.5) is 22.7 Å². The molecule has 4 aliphatic rings. The lowest BCUT2D eigenvalue weighted by Crippen LogP contribution is -2.64. The van der Waals surface area contributed by atoms with Crippen molar-refractivity contribution in [2.75, 3.05) is 102 Å². The van der Waals surface area contributed by atoms with E-state index in [0.29, 0.717) is 57.6 Å². The van der Waals surface area contributed by atoms with E-state index < -0.39 is 6.04 Å². The summed E-state index contributed by atoms with van der Waals surface area (Å²) in [5, 5.41) is 7.43. The van der Waals surface area contributed by atoms with Gasteiger partial charge in [-0.3, -0.25) is 34.5 Å². The van der Waals surface area contributed by atoms with Crippen molar-refractivity contribution in [3.8, 4) is 5.75 Å². The Kier molecular flexibility index (Phi) is 19.1. The predicted molar refractivity (Wildman–Crippen MR) is 273 cm³/mol. The van der Waals surface area contributed by atoms with Crippen LogP contribution in [0.3, 0.4) is 0 Å². The minimum atomic E-state index is -0.512. The first-order valence-electron chi connectivity index (χ1n) is 22.5. The number of hydrogen-bond acceptors (Lipinski definition) is 12. The van der Waals surface area contributed by atoms with Gasteiger partial charge in [0.25, 0.3) is 0 Å². The number of methoxy groups -OCH3 is 1. The third-order valence-corrected chi connectivity index (χ3v) is 14.1. The van der Waals surface area contributed by atoms with Crippen LogP contribution in [0.25, 0.3) is 5.70 Å². The number of nitrogens with one attached hydrogen (secondary N) is 2. The van der Waals surface area contributed by atoms with Crippen LogP contribution in [0.2, 0.25) is 0 Å². The highest BCUT2D eigenvalue weighted by molar-refractivity contribution is 7.64. The van der Waals surface area contributed by atoms with Crippen molar-refractivity contribution in [2.45, 2.75) is 57.7 Å². The summed E-state index contributed by atoms with van der Waals surface area (Å²) in [4.78, 5) is 57.3. The number of piperidine rings is 2. The van der Waals surface area contributed by atoms with Crippen LogP contribution in [-0.4, -0.2) is 150 Å². The number of amides is 2. The van der Waals surface area contributed by atoms with Gasteiger partial charge < -0.3 is 30.5 Å². The molecule has 0 radical (unpaired) electrons. The van der Waals surface area contributed by atoms with Crippen LogP contribution < -0.4 is 36.2 Å². The molecule has 1 atom stereocenters. The number of likely N-dealkylation sites (N-methyl/N-ethyl adjacent to an activating group) is 1. The molecule has 3 aromatic carbocycles. The van der Waals surface area contributed by atoms with Crippen molar-refractivity contribution in [1.29, 1.82) is 0 Å². The number of para-hydroxylation sites is 1. The van der Waals surface area contributed by atoms with E-state index in [9.17, 15) is 14.4 Å². The van der Waals surface area contributed by atoms with Crippen molar-refractivity contribution in [2.24, 2.45) is 15.7 Å². The second-order valence-corrected chi connectivity index (χ2v) is 18.9. The highest BCUT2D eigenvalue weighted by atomic mass is 35.5. The van der Waals surface area contributed by atoms with Crippen molar-refractivity contribution in [3.05, 3.63) is 89.6 Å². The van der Waals surface area contributed by atoms with Gasteiger partial charge in [-0.15, -0.1) is 0 Å². The van der Waals surface area contributed by atoms with Gasteiger partial charge >= 0.3 is 0 Å². The number of carbonyl (C=O) groups excluding carboxylic acids is 3. The highest BCUT2D eigenvalue weighted by Crippen LogP contribution is 2.36. The van der Waals surface area contributed by atoms with Gasteiger partial charge in [-0.25, -0.2) is 4.99 Å². The highest BCUT2D eigenvalue weighted by Gasteiger charge is 2.37. The molecule has 1 unspecified atom stereocenters. The summed E-state index contributed by atoms with van der Waals surface area (Å²) in [5.74, 6) is 0.542. The Labute approximate surface area is 392 Å². The molecule has 350 valence electrons. The fraction of sp³-hybridized carbons (Fsp3) is 0.449. The molecular weight excluding hydrogens is 859 g/mol. The zero-order valence-corrected chi connectivity index (χ0v) is 40.9. The molecule has 4 aliphatic heterocycles.